The van der Waals surface area contributed by atoms with Gasteiger partial charge in [-0.1, -0.05) is 12.8 Å². The number of sulfonamides is 1. The second-order valence-corrected chi connectivity index (χ2v) is 10.1. The number of anilines is 1. The van der Waals surface area contributed by atoms with Gasteiger partial charge in [-0.3, -0.25) is 18.8 Å². The topological polar surface area (TPSA) is 116 Å². The highest BCUT2D eigenvalue weighted by Gasteiger charge is 2.51. The van der Waals surface area contributed by atoms with Gasteiger partial charge in [0.05, 0.1) is 11.9 Å². The summed E-state index contributed by atoms with van der Waals surface area (Å²) in [6.45, 7) is 0.975. The van der Waals surface area contributed by atoms with Gasteiger partial charge in [-0.05, 0) is 49.4 Å². The molecule has 1 aromatic carbocycles. The first kappa shape index (κ1) is 20.6. The molecule has 10 heteroatoms. The van der Waals surface area contributed by atoms with E-state index in [1.807, 2.05) is 0 Å². The third-order valence-corrected chi connectivity index (χ3v) is 7.32. The molecule has 2 heterocycles. The maximum Gasteiger partial charge on any atom is 0.325 e. The van der Waals surface area contributed by atoms with Gasteiger partial charge in [0.25, 0.3) is 11.8 Å². The van der Waals surface area contributed by atoms with Crippen LogP contribution in [0.15, 0.2) is 18.2 Å². The van der Waals surface area contributed by atoms with Gasteiger partial charge in [-0.2, -0.15) is 0 Å². The number of urea groups is 1. The maximum absolute atomic E-state index is 12.6. The molecule has 162 valence electrons. The number of hydrogen-bond donors (Lipinski definition) is 2. The second-order valence-electron chi connectivity index (χ2n) is 8.21. The molecule has 1 aliphatic carbocycles. The van der Waals surface area contributed by atoms with Crippen LogP contribution in [0.4, 0.5) is 10.5 Å². The van der Waals surface area contributed by atoms with E-state index in [4.69, 9.17) is 0 Å². The van der Waals surface area contributed by atoms with Crippen LogP contribution in [0.3, 0.4) is 0 Å². The Morgan fingerprint density at radius 1 is 1.23 bits per heavy atom. The largest absolute Gasteiger partial charge is 0.352 e. The number of carbonyl (C=O) groups is 3. The summed E-state index contributed by atoms with van der Waals surface area (Å²) in [5.74, 6) is -0.412. The van der Waals surface area contributed by atoms with Crippen molar-refractivity contribution >= 4 is 33.6 Å². The van der Waals surface area contributed by atoms with Crippen LogP contribution >= 0.6 is 0 Å². The van der Waals surface area contributed by atoms with Gasteiger partial charge in [0.15, 0.2) is 0 Å². The quantitative estimate of drug-likeness (QED) is 0.512. The Morgan fingerprint density at radius 2 is 1.97 bits per heavy atom. The van der Waals surface area contributed by atoms with Crippen molar-refractivity contribution in [2.24, 2.45) is 0 Å². The molecule has 2 aliphatic heterocycles. The molecule has 30 heavy (non-hydrogen) atoms. The summed E-state index contributed by atoms with van der Waals surface area (Å²) in [5, 5.41) is 5.65. The predicted octanol–water partition coefficient (Wildman–Crippen LogP) is 0.993. The van der Waals surface area contributed by atoms with E-state index in [0.717, 1.165) is 18.4 Å². The summed E-state index contributed by atoms with van der Waals surface area (Å²) in [6.07, 6.45) is 5.48. The van der Waals surface area contributed by atoms with E-state index in [-0.39, 0.29) is 24.4 Å². The number of carbonyl (C=O) groups excluding carboxylic acids is 3. The van der Waals surface area contributed by atoms with Crippen molar-refractivity contribution in [1.82, 2.24) is 15.5 Å². The lowest BCUT2D eigenvalue weighted by atomic mass is 9.98. The fourth-order valence-corrected chi connectivity index (χ4v) is 5.55. The third-order valence-electron chi connectivity index (χ3n) is 6.14. The highest BCUT2D eigenvalue weighted by Crippen LogP contribution is 2.35. The first-order valence-corrected chi connectivity index (χ1v) is 12.1. The van der Waals surface area contributed by atoms with E-state index in [9.17, 15) is 22.8 Å². The average Bonchev–Trinajstić information content (AvgIpc) is 3.38. The van der Waals surface area contributed by atoms with Crippen LogP contribution in [0.5, 0.6) is 0 Å². The molecule has 2 fully saturated rings. The average molecular weight is 435 g/mol. The van der Waals surface area contributed by atoms with Crippen molar-refractivity contribution in [2.45, 2.75) is 44.1 Å². The van der Waals surface area contributed by atoms with Gasteiger partial charge in [0.1, 0.15) is 5.54 Å². The van der Waals surface area contributed by atoms with E-state index >= 15 is 0 Å². The Kier molecular flexibility index (Phi) is 5.21. The van der Waals surface area contributed by atoms with Crippen molar-refractivity contribution in [1.29, 1.82) is 0 Å². The molecule has 1 aromatic rings. The molecule has 1 spiro atoms. The number of amides is 4. The highest BCUT2D eigenvalue weighted by atomic mass is 32.2. The number of imide groups is 1. The number of nitrogens with zero attached hydrogens (tertiary/aromatic N) is 2. The lowest BCUT2D eigenvalue weighted by molar-refractivity contribution is -0.131. The van der Waals surface area contributed by atoms with E-state index in [1.54, 1.807) is 18.2 Å². The molecule has 0 bridgehead atoms. The van der Waals surface area contributed by atoms with Crippen LogP contribution in [0.25, 0.3) is 0 Å². The first-order chi connectivity index (χ1) is 14.2. The van der Waals surface area contributed by atoms with Crippen LogP contribution < -0.4 is 14.9 Å². The number of nitrogens with one attached hydrogen (secondary N) is 2. The fraction of sp³-hybridized carbons (Fsp3) is 0.550. The second kappa shape index (κ2) is 7.57. The van der Waals surface area contributed by atoms with Gasteiger partial charge >= 0.3 is 6.03 Å². The summed E-state index contributed by atoms with van der Waals surface area (Å²) in [7, 11) is -3.32. The monoisotopic (exact) mass is 434 g/mol. The molecule has 0 aromatic heterocycles. The van der Waals surface area contributed by atoms with E-state index in [1.165, 1.54) is 15.5 Å². The molecule has 0 radical (unpaired) electrons. The van der Waals surface area contributed by atoms with E-state index < -0.39 is 15.6 Å². The summed E-state index contributed by atoms with van der Waals surface area (Å²) >= 11 is 0. The lowest BCUT2D eigenvalue weighted by Gasteiger charge is -2.20. The summed E-state index contributed by atoms with van der Waals surface area (Å²) in [5.41, 5.74) is 1.21. The predicted molar refractivity (Wildman–Crippen MR) is 111 cm³/mol. The Morgan fingerprint density at radius 3 is 2.67 bits per heavy atom. The van der Waals surface area contributed by atoms with Crippen molar-refractivity contribution < 1.29 is 22.8 Å². The highest BCUT2D eigenvalue weighted by molar-refractivity contribution is 7.92. The summed E-state index contributed by atoms with van der Waals surface area (Å²) in [6, 6.07) is 4.64. The number of fused-ring (bicyclic) bond motifs is 1. The van der Waals surface area contributed by atoms with E-state index in [2.05, 4.69) is 10.6 Å². The Balaban J connectivity index is 1.30. The van der Waals surface area contributed by atoms with Crippen LogP contribution in [0.1, 0.15) is 48.0 Å². The zero-order chi connectivity index (χ0) is 21.5. The molecule has 4 rings (SSSR count). The minimum atomic E-state index is -3.32. The Labute approximate surface area is 175 Å². The molecule has 2 N–H and O–H groups in total. The van der Waals surface area contributed by atoms with Gasteiger partial charge in [0.2, 0.25) is 10.0 Å². The SMILES string of the molecule is CS(=O)(=O)N1CCc2cc(C(=O)NCCCN3C(=O)NC4(CCCC4)C3=O)ccc21. The van der Waals surface area contributed by atoms with Crippen LogP contribution in [0, 0.1) is 0 Å². The number of benzene rings is 1. The summed E-state index contributed by atoms with van der Waals surface area (Å²) < 4.78 is 25.0. The standard InChI is InChI=1S/C20H26N4O5S/c1-30(28,29)24-12-7-14-13-15(5-6-16(14)24)17(25)21-10-4-11-23-18(26)20(22-19(23)27)8-2-3-9-20/h5-6,13H,2-4,7-12H2,1H3,(H,21,25)(H,22,27). The molecular weight excluding hydrogens is 408 g/mol. The normalized spacial score (nSPS) is 20.0. The number of hydrogen-bond acceptors (Lipinski definition) is 5. The van der Waals surface area contributed by atoms with Crippen LogP contribution in [-0.4, -0.2) is 62.6 Å². The zero-order valence-electron chi connectivity index (χ0n) is 16.9. The van der Waals surface area contributed by atoms with Gasteiger partial charge < -0.3 is 10.6 Å². The molecule has 3 aliphatic rings. The first-order valence-electron chi connectivity index (χ1n) is 10.2. The minimum Gasteiger partial charge on any atom is -0.352 e. The van der Waals surface area contributed by atoms with Crippen molar-refractivity contribution in [3.63, 3.8) is 0 Å². The van der Waals surface area contributed by atoms with Crippen LogP contribution in [0.2, 0.25) is 0 Å². The zero-order valence-corrected chi connectivity index (χ0v) is 17.8. The Bertz CT molecular complexity index is 1000. The maximum atomic E-state index is 12.6. The van der Waals surface area contributed by atoms with Gasteiger partial charge in [-0.25, -0.2) is 13.2 Å². The van der Waals surface area contributed by atoms with Crippen LogP contribution in [-0.2, 0) is 21.2 Å². The molecule has 4 amide bonds. The Hall–Kier alpha value is -2.62. The lowest BCUT2D eigenvalue weighted by Crippen LogP contribution is -2.44. The number of rotatable bonds is 6. The molecule has 0 unspecified atom stereocenters. The summed E-state index contributed by atoms with van der Waals surface area (Å²) in [4.78, 5) is 38.5. The van der Waals surface area contributed by atoms with Crippen molar-refractivity contribution in [3.8, 4) is 0 Å². The molecule has 0 atom stereocenters. The molecule has 1 saturated carbocycles. The molecule has 1 saturated heterocycles. The smallest absolute Gasteiger partial charge is 0.325 e. The molecular formula is C20H26N4O5S. The van der Waals surface area contributed by atoms with Gasteiger partial charge in [-0.15, -0.1) is 0 Å². The van der Waals surface area contributed by atoms with E-state index in [0.29, 0.717) is 50.0 Å². The fourth-order valence-electron chi connectivity index (χ4n) is 4.60. The molecule has 9 nitrogen and oxygen atoms in total. The van der Waals surface area contributed by atoms with Crippen molar-refractivity contribution in [3.05, 3.63) is 29.3 Å². The third kappa shape index (κ3) is 3.64. The minimum absolute atomic E-state index is 0.148. The van der Waals surface area contributed by atoms with Crippen molar-refractivity contribution in [2.75, 3.05) is 30.2 Å². The van der Waals surface area contributed by atoms with Gasteiger partial charge in [0, 0.05) is 25.2 Å².